The summed E-state index contributed by atoms with van der Waals surface area (Å²) in [5, 5.41) is 0. The molecule has 2 heteroatoms. The van der Waals surface area contributed by atoms with Gasteiger partial charge in [-0.1, -0.05) is 19.8 Å². The Morgan fingerprint density at radius 3 is 3.00 bits per heavy atom. The molecule has 0 aromatic heterocycles. The summed E-state index contributed by atoms with van der Waals surface area (Å²) in [6.45, 7) is 2.79. The molecule has 1 heterocycles. The van der Waals surface area contributed by atoms with E-state index in [1.54, 1.807) is 0 Å². The number of hydrogen-bond donors (Lipinski definition) is 0. The molecule has 10 heavy (non-hydrogen) atoms. The lowest BCUT2D eigenvalue weighted by Gasteiger charge is -2.01. The second kappa shape index (κ2) is 3.59. The van der Waals surface area contributed by atoms with Gasteiger partial charge in [-0.15, -0.1) is 0 Å². The van der Waals surface area contributed by atoms with Crippen LogP contribution in [0, 0.1) is 5.92 Å². The van der Waals surface area contributed by atoms with Crippen molar-refractivity contribution in [1.82, 2.24) is 0 Å². The number of ether oxygens (including phenoxy) is 1. The fraction of sp³-hybridized carbons (Fsp3) is 0.875. The van der Waals surface area contributed by atoms with Crippen molar-refractivity contribution in [2.75, 3.05) is 6.61 Å². The Morgan fingerprint density at radius 2 is 2.50 bits per heavy atom. The average molecular weight is 142 g/mol. The van der Waals surface area contributed by atoms with Gasteiger partial charge in [0, 0.05) is 0 Å². The number of carbonyl (C=O) groups excluding carboxylic acids is 1. The maximum absolute atomic E-state index is 10.9. The molecule has 1 aliphatic rings. The van der Waals surface area contributed by atoms with Gasteiger partial charge in [-0.25, -0.2) is 0 Å². The molecule has 1 atom stereocenters. The number of cyclic esters (lactones) is 1. The van der Waals surface area contributed by atoms with Crippen LogP contribution in [0.5, 0.6) is 0 Å². The van der Waals surface area contributed by atoms with Gasteiger partial charge in [0.1, 0.15) is 0 Å². The maximum atomic E-state index is 10.9. The first kappa shape index (κ1) is 7.58. The van der Waals surface area contributed by atoms with Crippen LogP contribution in [0.15, 0.2) is 0 Å². The third-order valence-corrected chi connectivity index (χ3v) is 1.95. The molecule has 1 saturated heterocycles. The van der Waals surface area contributed by atoms with E-state index in [0.717, 1.165) is 19.3 Å². The molecule has 0 aromatic carbocycles. The molecule has 0 spiro atoms. The van der Waals surface area contributed by atoms with Crippen molar-refractivity contribution in [3.8, 4) is 0 Å². The van der Waals surface area contributed by atoms with Gasteiger partial charge in [-0.3, -0.25) is 4.79 Å². The van der Waals surface area contributed by atoms with Crippen LogP contribution in [0.25, 0.3) is 0 Å². The van der Waals surface area contributed by atoms with E-state index in [0.29, 0.717) is 6.61 Å². The average Bonchev–Trinajstić information content (AvgIpc) is 2.31. The van der Waals surface area contributed by atoms with E-state index in [1.165, 1.54) is 6.42 Å². The van der Waals surface area contributed by atoms with E-state index in [-0.39, 0.29) is 11.9 Å². The fourth-order valence-corrected chi connectivity index (χ4v) is 1.25. The summed E-state index contributed by atoms with van der Waals surface area (Å²) >= 11 is 0. The zero-order valence-electron chi connectivity index (χ0n) is 6.43. The summed E-state index contributed by atoms with van der Waals surface area (Å²) in [7, 11) is 0. The highest BCUT2D eigenvalue weighted by Crippen LogP contribution is 2.19. The Morgan fingerprint density at radius 1 is 1.70 bits per heavy atom. The number of unbranched alkanes of at least 4 members (excludes halogenated alkanes) is 1. The topological polar surface area (TPSA) is 26.3 Å². The predicted molar refractivity (Wildman–Crippen MR) is 38.6 cm³/mol. The van der Waals surface area contributed by atoms with Crippen LogP contribution >= 0.6 is 0 Å². The quantitative estimate of drug-likeness (QED) is 0.561. The van der Waals surface area contributed by atoms with E-state index in [2.05, 4.69) is 6.92 Å². The second-order valence-electron chi connectivity index (χ2n) is 2.80. The molecule has 0 bridgehead atoms. The van der Waals surface area contributed by atoms with E-state index < -0.39 is 0 Å². The van der Waals surface area contributed by atoms with Gasteiger partial charge in [0.25, 0.3) is 0 Å². The van der Waals surface area contributed by atoms with Crippen LogP contribution in [-0.4, -0.2) is 12.6 Å². The SMILES string of the molecule is CCCC[C@@H]1CCOC1=O. The largest absolute Gasteiger partial charge is 0.465 e. The van der Waals surface area contributed by atoms with Crippen LogP contribution in [0.2, 0.25) is 0 Å². The third-order valence-electron chi connectivity index (χ3n) is 1.95. The Bertz CT molecular complexity index is 120. The first-order chi connectivity index (χ1) is 4.84. The standard InChI is InChI=1S/C8H14O2/c1-2-3-4-7-5-6-10-8(7)9/h7H,2-6H2,1H3/t7-/m1/s1. The minimum atomic E-state index is 0.0217. The van der Waals surface area contributed by atoms with Gasteiger partial charge in [0.15, 0.2) is 0 Å². The summed E-state index contributed by atoms with van der Waals surface area (Å²) in [6, 6.07) is 0. The fourth-order valence-electron chi connectivity index (χ4n) is 1.25. The molecule has 0 amide bonds. The minimum Gasteiger partial charge on any atom is -0.465 e. The molecule has 0 radical (unpaired) electrons. The number of esters is 1. The van der Waals surface area contributed by atoms with E-state index >= 15 is 0 Å². The van der Waals surface area contributed by atoms with Crippen LogP contribution in [-0.2, 0) is 9.53 Å². The molecule has 1 rings (SSSR count). The van der Waals surface area contributed by atoms with Gasteiger partial charge in [0.2, 0.25) is 0 Å². The van der Waals surface area contributed by atoms with Crippen LogP contribution in [0.4, 0.5) is 0 Å². The zero-order chi connectivity index (χ0) is 7.40. The molecule has 2 nitrogen and oxygen atoms in total. The lowest BCUT2D eigenvalue weighted by molar-refractivity contribution is -0.141. The predicted octanol–water partition coefficient (Wildman–Crippen LogP) is 1.74. The molecule has 0 N–H and O–H groups in total. The normalized spacial score (nSPS) is 24.9. The van der Waals surface area contributed by atoms with E-state index in [9.17, 15) is 4.79 Å². The molecule has 1 fully saturated rings. The first-order valence-corrected chi connectivity index (χ1v) is 4.01. The maximum Gasteiger partial charge on any atom is 0.309 e. The van der Waals surface area contributed by atoms with Gasteiger partial charge >= 0.3 is 5.97 Å². The number of hydrogen-bond acceptors (Lipinski definition) is 2. The van der Waals surface area contributed by atoms with Crippen molar-refractivity contribution in [3.05, 3.63) is 0 Å². The first-order valence-electron chi connectivity index (χ1n) is 4.01. The summed E-state index contributed by atoms with van der Waals surface area (Å²) in [4.78, 5) is 10.9. The Balaban J connectivity index is 2.20. The lowest BCUT2D eigenvalue weighted by Crippen LogP contribution is -2.06. The molecule has 1 aliphatic heterocycles. The highest BCUT2D eigenvalue weighted by Gasteiger charge is 2.24. The van der Waals surface area contributed by atoms with E-state index in [4.69, 9.17) is 4.74 Å². The molecule has 58 valence electrons. The van der Waals surface area contributed by atoms with Crippen molar-refractivity contribution >= 4 is 5.97 Å². The highest BCUT2D eigenvalue weighted by atomic mass is 16.5. The Hall–Kier alpha value is -0.530. The molecular formula is C8H14O2. The highest BCUT2D eigenvalue weighted by molar-refractivity contribution is 5.73. The van der Waals surface area contributed by atoms with Crippen molar-refractivity contribution < 1.29 is 9.53 Å². The van der Waals surface area contributed by atoms with Gasteiger partial charge < -0.3 is 4.74 Å². The van der Waals surface area contributed by atoms with Gasteiger partial charge in [-0.05, 0) is 12.8 Å². The lowest BCUT2D eigenvalue weighted by atomic mass is 10.0. The van der Waals surface area contributed by atoms with Crippen molar-refractivity contribution in [1.29, 1.82) is 0 Å². The number of rotatable bonds is 3. The van der Waals surface area contributed by atoms with Crippen molar-refractivity contribution in [3.63, 3.8) is 0 Å². The zero-order valence-corrected chi connectivity index (χ0v) is 6.43. The summed E-state index contributed by atoms with van der Waals surface area (Å²) in [5.74, 6) is 0.244. The summed E-state index contributed by atoms with van der Waals surface area (Å²) < 4.78 is 4.82. The molecular weight excluding hydrogens is 128 g/mol. The van der Waals surface area contributed by atoms with Crippen LogP contribution in [0.1, 0.15) is 32.6 Å². The smallest absolute Gasteiger partial charge is 0.309 e. The third kappa shape index (κ3) is 1.72. The van der Waals surface area contributed by atoms with Crippen molar-refractivity contribution in [2.45, 2.75) is 32.6 Å². The Kier molecular flexibility index (Phi) is 2.72. The monoisotopic (exact) mass is 142 g/mol. The van der Waals surface area contributed by atoms with Gasteiger partial charge in [0.05, 0.1) is 12.5 Å². The van der Waals surface area contributed by atoms with Crippen molar-refractivity contribution in [2.24, 2.45) is 5.92 Å². The van der Waals surface area contributed by atoms with Gasteiger partial charge in [-0.2, -0.15) is 0 Å². The summed E-state index contributed by atoms with van der Waals surface area (Å²) in [6.07, 6.45) is 4.29. The van der Waals surface area contributed by atoms with E-state index in [1.807, 2.05) is 0 Å². The molecule has 0 saturated carbocycles. The second-order valence-corrected chi connectivity index (χ2v) is 2.80. The molecule has 0 aliphatic carbocycles. The molecule has 0 unspecified atom stereocenters. The van der Waals surface area contributed by atoms with Crippen LogP contribution < -0.4 is 0 Å². The Labute approximate surface area is 61.6 Å². The molecule has 0 aromatic rings. The minimum absolute atomic E-state index is 0.0217. The number of carbonyl (C=O) groups is 1. The van der Waals surface area contributed by atoms with Crippen LogP contribution in [0.3, 0.4) is 0 Å². The summed E-state index contributed by atoms with van der Waals surface area (Å²) in [5.41, 5.74) is 0.